The molecule has 0 spiro atoms. The summed E-state index contributed by atoms with van der Waals surface area (Å²) in [5.74, 6) is -0.732. The third-order valence-corrected chi connectivity index (χ3v) is 6.83. The largest absolute Gasteiger partial charge is 0.464 e. The molecule has 214 valence electrons. The van der Waals surface area contributed by atoms with Crippen LogP contribution in [-0.4, -0.2) is 68.2 Å². The van der Waals surface area contributed by atoms with E-state index < -0.39 is 31.4 Å². The van der Waals surface area contributed by atoms with Crippen molar-refractivity contribution in [2.24, 2.45) is 0 Å². The van der Waals surface area contributed by atoms with Crippen LogP contribution in [0.4, 0.5) is 9.59 Å². The summed E-state index contributed by atoms with van der Waals surface area (Å²) in [6, 6.07) is 9.24. The third-order valence-electron chi connectivity index (χ3n) is 4.78. The lowest BCUT2D eigenvalue weighted by Crippen LogP contribution is -2.35. The number of nitrogens with zero attached hydrogens (tertiary/aromatic N) is 1. The zero-order valence-corrected chi connectivity index (χ0v) is 24.1. The number of ether oxygens (including phenoxy) is 3. The van der Waals surface area contributed by atoms with Gasteiger partial charge in [-0.1, -0.05) is 36.4 Å². The number of allylic oxidation sites excluding steroid dienone is 1. The van der Waals surface area contributed by atoms with Gasteiger partial charge < -0.3 is 28.2 Å². The zero-order chi connectivity index (χ0) is 28.6. The summed E-state index contributed by atoms with van der Waals surface area (Å²) < 4.78 is 39.0. The van der Waals surface area contributed by atoms with Gasteiger partial charge in [0, 0.05) is 13.1 Å². The zero-order valence-electron chi connectivity index (χ0n) is 23.2. The Balaban J connectivity index is 2.88. The molecule has 0 aliphatic carbocycles. The maximum absolute atomic E-state index is 12.9. The van der Waals surface area contributed by atoms with Gasteiger partial charge in [-0.25, -0.2) is 14.4 Å². The molecule has 0 aliphatic rings. The molecule has 0 unspecified atom stereocenters. The number of methoxy groups -OCH3 is 1. The Morgan fingerprint density at radius 2 is 1.66 bits per heavy atom. The molecule has 2 amide bonds. The van der Waals surface area contributed by atoms with Crippen LogP contribution in [0.15, 0.2) is 42.1 Å². The molecule has 0 saturated carbocycles. The fraction of sp³-hybridized carbons (Fsp3) is 0.577. The quantitative estimate of drug-likeness (QED) is 0.101. The first-order chi connectivity index (χ1) is 17.9. The van der Waals surface area contributed by atoms with Crippen LogP contribution < -0.4 is 5.32 Å². The SMILES string of the molecule is CCOP(=O)(CCN(CCC/C=C(/NC(=O)OC(C)(C)C)C(=O)OC)C(=O)OCc1ccccc1)OCC. The summed E-state index contributed by atoms with van der Waals surface area (Å²) in [6.45, 7) is 9.35. The number of nitrogens with one attached hydrogen (secondary N) is 1. The minimum absolute atomic E-state index is 0.00142. The Labute approximate surface area is 225 Å². The van der Waals surface area contributed by atoms with Gasteiger partial charge in [0.05, 0.1) is 26.5 Å². The molecule has 0 heterocycles. The molecule has 0 aromatic heterocycles. The molecule has 0 saturated heterocycles. The van der Waals surface area contributed by atoms with Gasteiger partial charge in [-0.2, -0.15) is 0 Å². The van der Waals surface area contributed by atoms with Crippen molar-refractivity contribution in [3.63, 3.8) is 0 Å². The van der Waals surface area contributed by atoms with Crippen LogP contribution in [-0.2, 0) is 39.2 Å². The van der Waals surface area contributed by atoms with E-state index in [2.05, 4.69) is 5.32 Å². The maximum atomic E-state index is 12.9. The lowest BCUT2D eigenvalue weighted by atomic mass is 10.2. The van der Waals surface area contributed by atoms with Gasteiger partial charge in [0.15, 0.2) is 0 Å². The molecule has 1 N–H and O–H groups in total. The van der Waals surface area contributed by atoms with Crippen molar-refractivity contribution in [1.82, 2.24) is 10.2 Å². The van der Waals surface area contributed by atoms with E-state index in [1.165, 1.54) is 18.1 Å². The summed E-state index contributed by atoms with van der Waals surface area (Å²) in [5.41, 5.74) is 0.0139. The summed E-state index contributed by atoms with van der Waals surface area (Å²) in [5, 5.41) is 2.40. The van der Waals surface area contributed by atoms with Crippen LogP contribution in [0, 0.1) is 0 Å². The molecular formula is C26H41N2O9P. The third kappa shape index (κ3) is 13.6. The topological polar surface area (TPSA) is 130 Å². The number of esters is 1. The first-order valence-corrected chi connectivity index (χ1v) is 14.3. The number of alkyl carbamates (subject to hydrolysis) is 1. The lowest BCUT2D eigenvalue weighted by Gasteiger charge is -2.24. The summed E-state index contributed by atoms with van der Waals surface area (Å²) in [7, 11) is -2.18. The van der Waals surface area contributed by atoms with Gasteiger partial charge >= 0.3 is 25.8 Å². The summed E-state index contributed by atoms with van der Waals surface area (Å²) in [4.78, 5) is 38.5. The standard InChI is InChI=1S/C26H41N2O9P/c1-7-35-38(32,36-8-2)19-18-28(25(31)34-20-21-14-10-9-11-15-21)17-13-12-16-22(23(29)33-6)27-24(30)37-26(3,4)5/h9-11,14-16H,7-8,12-13,17-20H2,1-6H3,(H,27,30)/b22-16+. The van der Waals surface area contributed by atoms with Gasteiger partial charge in [0.25, 0.3) is 0 Å². The van der Waals surface area contributed by atoms with E-state index in [1.54, 1.807) is 34.6 Å². The van der Waals surface area contributed by atoms with Crippen LogP contribution in [0.25, 0.3) is 0 Å². The average Bonchev–Trinajstić information content (AvgIpc) is 2.85. The molecular weight excluding hydrogens is 515 g/mol. The second-order valence-corrected chi connectivity index (χ2v) is 11.3. The monoisotopic (exact) mass is 556 g/mol. The molecule has 1 aromatic carbocycles. The molecule has 12 heteroatoms. The average molecular weight is 557 g/mol. The first-order valence-electron chi connectivity index (χ1n) is 12.5. The molecule has 0 aliphatic heterocycles. The highest BCUT2D eigenvalue weighted by Gasteiger charge is 2.26. The van der Waals surface area contributed by atoms with Gasteiger partial charge in [-0.15, -0.1) is 0 Å². The fourth-order valence-electron chi connectivity index (χ4n) is 3.15. The number of hydrogen-bond acceptors (Lipinski definition) is 9. The van der Waals surface area contributed by atoms with Crippen molar-refractivity contribution in [3.05, 3.63) is 47.7 Å². The van der Waals surface area contributed by atoms with E-state index in [0.29, 0.717) is 12.8 Å². The van der Waals surface area contributed by atoms with Gasteiger partial charge in [0.2, 0.25) is 0 Å². The minimum atomic E-state index is -3.38. The highest BCUT2D eigenvalue weighted by Crippen LogP contribution is 2.47. The van der Waals surface area contributed by atoms with Gasteiger partial charge in [0.1, 0.15) is 17.9 Å². The highest BCUT2D eigenvalue weighted by atomic mass is 31.2. The molecule has 1 rings (SSSR count). The summed E-state index contributed by atoms with van der Waals surface area (Å²) >= 11 is 0. The fourth-order valence-corrected chi connectivity index (χ4v) is 4.75. The highest BCUT2D eigenvalue weighted by molar-refractivity contribution is 7.53. The summed E-state index contributed by atoms with van der Waals surface area (Å²) in [6.07, 6.45) is 0.842. The van der Waals surface area contributed by atoms with E-state index in [1.807, 2.05) is 30.3 Å². The molecule has 0 bridgehead atoms. The van der Waals surface area contributed by atoms with Crippen molar-refractivity contribution < 1.29 is 42.2 Å². The van der Waals surface area contributed by atoms with Crippen molar-refractivity contribution in [2.45, 2.75) is 59.7 Å². The van der Waals surface area contributed by atoms with E-state index >= 15 is 0 Å². The molecule has 0 radical (unpaired) electrons. The van der Waals surface area contributed by atoms with E-state index in [-0.39, 0.29) is 44.8 Å². The van der Waals surface area contributed by atoms with Crippen molar-refractivity contribution in [2.75, 3.05) is 39.6 Å². The molecule has 38 heavy (non-hydrogen) atoms. The van der Waals surface area contributed by atoms with E-state index in [0.717, 1.165) is 5.56 Å². The van der Waals surface area contributed by atoms with Crippen molar-refractivity contribution in [1.29, 1.82) is 0 Å². The Hall–Kier alpha value is -2.88. The second kappa shape index (κ2) is 16.9. The smallest absolute Gasteiger partial charge is 0.412 e. The van der Waals surface area contributed by atoms with E-state index in [4.69, 9.17) is 23.3 Å². The first kappa shape index (κ1) is 33.1. The van der Waals surface area contributed by atoms with Crippen LogP contribution >= 0.6 is 7.60 Å². The number of carbonyl (C=O) groups excluding carboxylic acids is 3. The number of benzene rings is 1. The number of carbonyl (C=O) groups is 3. The van der Waals surface area contributed by atoms with Gasteiger partial charge in [-0.05, 0) is 53.0 Å². The number of amides is 2. The van der Waals surface area contributed by atoms with Gasteiger partial charge in [-0.3, -0.25) is 9.88 Å². The number of unbranched alkanes of at least 4 members (excludes halogenated alkanes) is 1. The molecule has 0 atom stereocenters. The van der Waals surface area contributed by atoms with Crippen LogP contribution in [0.5, 0.6) is 0 Å². The predicted octanol–water partition coefficient (Wildman–Crippen LogP) is 5.25. The Morgan fingerprint density at radius 1 is 1.03 bits per heavy atom. The second-order valence-electron chi connectivity index (χ2n) is 9.08. The van der Waals surface area contributed by atoms with E-state index in [9.17, 15) is 18.9 Å². The number of hydrogen-bond donors (Lipinski definition) is 1. The Morgan fingerprint density at radius 3 is 2.21 bits per heavy atom. The lowest BCUT2D eigenvalue weighted by molar-refractivity contribution is -0.136. The predicted molar refractivity (Wildman–Crippen MR) is 143 cm³/mol. The van der Waals surface area contributed by atoms with Crippen LogP contribution in [0.2, 0.25) is 0 Å². The molecule has 1 aromatic rings. The molecule has 11 nitrogen and oxygen atoms in total. The number of rotatable bonds is 15. The Kier molecular flexibility index (Phi) is 14.7. The van der Waals surface area contributed by atoms with Crippen LogP contribution in [0.3, 0.4) is 0 Å². The van der Waals surface area contributed by atoms with Crippen molar-refractivity contribution >= 4 is 25.8 Å². The normalized spacial score (nSPS) is 12.0. The maximum Gasteiger partial charge on any atom is 0.412 e. The minimum Gasteiger partial charge on any atom is -0.464 e. The van der Waals surface area contributed by atoms with Crippen LogP contribution in [0.1, 0.15) is 53.0 Å². The Bertz CT molecular complexity index is 951. The van der Waals surface area contributed by atoms with Crippen molar-refractivity contribution in [3.8, 4) is 0 Å². The molecule has 0 fully saturated rings.